The third kappa shape index (κ3) is 4.69. The minimum atomic E-state index is -0.361. The van der Waals surface area contributed by atoms with Gasteiger partial charge < -0.3 is 14.4 Å². The molecule has 9 heteroatoms. The molecule has 2 aliphatic heterocycles. The largest absolute Gasteiger partial charge is 0.497 e. The summed E-state index contributed by atoms with van der Waals surface area (Å²) in [6.07, 6.45) is 2.14. The summed E-state index contributed by atoms with van der Waals surface area (Å²) in [7, 11) is 1.67. The molecular formula is C24H29FN6O2. The Morgan fingerprint density at radius 1 is 1.09 bits per heavy atom. The van der Waals surface area contributed by atoms with E-state index in [-0.39, 0.29) is 18.0 Å². The fourth-order valence-corrected chi connectivity index (χ4v) is 4.75. The molecule has 3 heterocycles. The number of halogens is 1. The molecule has 0 unspecified atom stereocenters. The molecular weight excluding hydrogens is 423 g/mol. The Bertz CT molecular complexity index is 1050. The van der Waals surface area contributed by atoms with E-state index < -0.39 is 0 Å². The highest BCUT2D eigenvalue weighted by atomic mass is 19.1. The number of rotatable bonds is 7. The third-order valence-electron chi connectivity index (χ3n) is 6.52. The van der Waals surface area contributed by atoms with Gasteiger partial charge in [-0.3, -0.25) is 4.90 Å². The lowest BCUT2D eigenvalue weighted by Gasteiger charge is -2.40. The first-order valence-corrected chi connectivity index (χ1v) is 11.5. The van der Waals surface area contributed by atoms with Gasteiger partial charge >= 0.3 is 0 Å². The summed E-state index contributed by atoms with van der Waals surface area (Å²) in [4.78, 5) is 4.61. The molecule has 0 amide bonds. The molecule has 8 nitrogen and oxygen atoms in total. The predicted octanol–water partition coefficient (Wildman–Crippen LogP) is 2.91. The first-order chi connectivity index (χ1) is 16.2. The van der Waals surface area contributed by atoms with Gasteiger partial charge in [0.15, 0.2) is 5.82 Å². The summed E-state index contributed by atoms with van der Waals surface area (Å²) in [5.41, 5.74) is 1.75. The predicted molar refractivity (Wildman–Crippen MR) is 122 cm³/mol. The highest BCUT2D eigenvalue weighted by molar-refractivity contribution is 5.49. The SMILES string of the molecule is COc1ccc(N2CCN([C@H](c3ccccc3F)c3nnnn3C[C@@H]3CCCO3)CC2)cc1. The van der Waals surface area contributed by atoms with Gasteiger partial charge in [0.2, 0.25) is 0 Å². The van der Waals surface area contributed by atoms with Gasteiger partial charge in [-0.05, 0) is 53.6 Å². The van der Waals surface area contributed by atoms with Crippen LogP contribution < -0.4 is 9.64 Å². The van der Waals surface area contributed by atoms with Crippen molar-refractivity contribution in [2.45, 2.75) is 31.5 Å². The Labute approximate surface area is 192 Å². The van der Waals surface area contributed by atoms with Gasteiger partial charge in [-0.15, -0.1) is 5.10 Å². The van der Waals surface area contributed by atoms with Gasteiger partial charge in [-0.25, -0.2) is 9.07 Å². The molecule has 33 heavy (non-hydrogen) atoms. The van der Waals surface area contributed by atoms with Crippen LogP contribution in [0, 0.1) is 5.82 Å². The molecule has 3 aromatic rings. The average Bonchev–Trinajstić information content (AvgIpc) is 3.54. The fourth-order valence-electron chi connectivity index (χ4n) is 4.75. The zero-order chi connectivity index (χ0) is 22.6. The number of aromatic nitrogens is 4. The van der Waals surface area contributed by atoms with Crippen LogP contribution in [-0.2, 0) is 11.3 Å². The second-order valence-corrected chi connectivity index (χ2v) is 8.50. The van der Waals surface area contributed by atoms with Crippen LogP contribution >= 0.6 is 0 Å². The van der Waals surface area contributed by atoms with Crippen molar-refractivity contribution < 1.29 is 13.9 Å². The standard InChI is InChI=1S/C24H29FN6O2/c1-32-19-10-8-18(9-11-19)29-12-14-30(15-13-29)23(21-6-2-3-7-22(21)25)24-26-27-28-31(24)17-20-5-4-16-33-20/h2-3,6-11,20,23H,4-5,12-17H2,1H3/t20-,23+/m0/s1. The van der Waals surface area contributed by atoms with Gasteiger partial charge in [0, 0.05) is 44.0 Å². The lowest BCUT2D eigenvalue weighted by Crippen LogP contribution is -2.48. The van der Waals surface area contributed by atoms with E-state index in [9.17, 15) is 4.39 Å². The average molecular weight is 453 g/mol. The summed E-state index contributed by atoms with van der Waals surface area (Å²) >= 11 is 0. The molecule has 2 atom stereocenters. The molecule has 0 aliphatic carbocycles. The van der Waals surface area contributed by atoms with Gasteiger partial charge in [0.05, 0.1) is 19.8 Å². The van der Waals surface area contributed by atoms with Crippen LogP contribution in [0.5, 0.6) is 5.75 Å². The molecule has 0 spiro atoms. The highest BCUT2D eigenvalue weighted by Crippen LogP contribution is 2.31. The molecule has 5 rings (SSSR count). The van der Waals surface area contributed by atoms with Crippen molar-refractivity contribution in [2.75, 3.05) is 44.8 Å². The number of ether oxygens (including phenoxy) is 2. The van der Waals surface area contributed by atoms with Gasteiger partial charge in [-0.1, -0.05) is 18.2 Å². The minimum absolute atomic E-state index is 0.0976. The maximum absolute atomic E-state index is 15.0. The van der Waals surface area contributed by atoms with Crippen molar-refractivity contribution in [2.24, 2.45) is 0 Å². The molecule has 2 fully saturated rings. The molecule has 2 saturated heterocycles. The van der Waals surface area contributed by atoms with Crippen molar-refractivity contribution >= 4 is 5.69 Å². The number of piperazine rings is 1. The van der Waals surface area contributed by atoms with Crippen molar-refractivity contribution in [1.82, 2.24) is 25.1 Å². The summed E-state index contributed by atoms with van der Waals surface area (Å²) in [6.45, 7) is 4.52. The molecule has 2 aromatic carbocycles. The zero-order valence-electron chi connectivity index (χ0n) is 18.8. The lowest BCUT2D eigenvalue weighted by molar-refractivity contribution is 0.0906. The second-order valence-electron chi connectivity index (χ2n) is 8.50. The first kappa shape index (κ1) is 21.8. The molecule has 0 saturated carbocycles. The van der Waals surface area contributed by atoms with Gasteiger partial charge in [-0.2, -0.15) is 0 Å². The van der Waals surface area contributed by atoms with Crippen LogP contribution in [0.4, 0.5) is 10.1 Å². The highest BCUT2D eigenvalue weighted by Gasteiger charge is 2.33. The number of benzene rings is 2. The summed E-state index contributed by atoms with van der Waals surface area (Å²) in [5, 5.41) is 12.5. The Morgan fingerprint density at radius 3 is 2.58 bits per heavy atom. The molecule has 2 aliphatic rings. The molecule has 0 radical (unpaired) electrons. The number of anilines is 1. The van der Waals surface area contributed by atoms with Crippen molar-refractivity contribution in [3.8, 4) is 5.75 Å². The number of hydrogen-bond acceptors (Lipinski definition) is 7. The van der Waals surface area contributed by atoms with Crippen LogP contribution in [0.25, 0.3) is 0 Å². The summed E-state index contributed by atoms with van der Waals surface area (Å²) in [5.74, 6) is 1.26. The number of tetrazole rings is 1. The van der Waals surface area contributed by atoms with Crippen molar-refractivity contribution in [1.29, 1.82) is 0 Å². The topological polar surface area (TPSA) is 68.5 Å². The van der Waals surface area contributed by atoms with E-state index in [0.29, 0.717) is 17.9 Å². The van der Waals surface area contributed by atoms with Crippen LogP contribution in [0.2, 0.25) is 0 Å². The van der Waals surface area contributed by atoms with E-state index in [2.05, 4.69) is 37.5 Å². The maximum Gasteiger partial charge on any atom is 0.173 e. The first-order valence-electron chi connectivity index (χ1n) is 11.5. The normalized spacial score (nSPS) is 20.2. The molecule has 1 aromatic heterocycles. The van der Waals surface area contributed by atoms with E-state index in [1.807, 2.05) is 24.3 Å². The zero-order valence-corrected chi connectivity index (χ0v) is 18.8. The summed E-state index contributed by atoms with van der Waals surface area (Å²) in [6, 6.07) is 14.7. The van der Waals surface area contributed by atoms with E-state index in [0.717, 1.165) is 57.1 Å². The quantitative estimate of drug-likeness (QED) is 0.546. The lowest BCUT2D eigenvalue weighted by atomic mass is 10.0. The van der Waals surface area contributed by atoms with E-state index in [1.54, 1.807) is 17.9 Å². The Morgan fingerprint density at radius 2 is 1.88 bits per heavy atom. The Kier molecular flexibility index (Phi) is 6.50. The van der Waals surface area contributed by atoms with Crippen LogP contribution in [0.3, 0.4) is 0 Å². The number of methoxy groups -OCH3 is 1. The molecule has 0 bridgehead atoms. The van der Waals surface area contributed by atoms with E-state index in [4.69, 9.17) is 9.47 Å². The Hall–Kier alpha value is -3.04. The molecule has 174 valence electrons. The van der Waals surface area contributed by atoms with Gasteiger partial charge in [0.1, 0.15) is 17.6 Å². The van der Waals surface area contributed by atoms with E-state index in [1.165, 1.54) is 6.07 Å². The summed E-state index contributed by atoms with van der Waals surface area (Å²) < 4.78 is 27.8. The maximum atomic E-state index is 15.0. The number of nitrogens with zero attached hydrogens (tertiary/aromatic N) is 6. The van der Waals surface area contributed by atoms with Gasteiger partial charge in [0.25, 0.3) is 0 Å². The van der Waals surface area contributed by atoms with Crippen molar-refractivity contribution in [3.63, 3.8) is 0 Å². The van der Waals surface area contributed by atoms with Crippen molar-refractivity contribution in [3.05, 3.63) is 65.7 Å². The minimum Gasteiger partial charge on any atom is -0.497 e. The molecule has 0 N–H and O–H groups in total. The number of hydrogen-bond donors (Lipinski definition) is 0. The monoisotopic (exact) mass is 452 g/mol. The van der Waals surface area contributed by atoms with Crippen LogP contribution in [-0.4, -0.2) is 71.1 Å². The van der Waals surface area contributed by atoms with E-state index >= 15 is 0 Å². The smallest absolute Gasteiger partial charge is 0.173 e. The van der Waals surface area contributed by atoms with Crippen LogP contribution in [0.1, 0.15) is 30.3 Å². The Balaban J connectivity index is 1.38. The second kappa shape index (κ2) is 9.84. The fraction of sp³-hybridized carbons (Fsp3) is 0.458. The van der Waals surface area contributed by atoms with Crippen LogP contribution in [0.15, 0.2) is 48.5 Å². The third-order valence-corrected chi connectivity index (χ3v) is 6.52.